The normalized spacial score (nSPS) is 22.4. The Balaban J connectivity index is 2.95. The number of nitrogens with zero attached hydrogens (tertiary/aromatic N) is 1. The van der Waals surface area contributed by atoms with E-state index in [0.717, 1.165) is 6.42 Å². The van der Waals surface area contributed by atoms with E-state index in [1.807, 2.05) is 13.8 Å². The van der Waals surface area contributed by atoms with Crippen molar-refractivity contribution in [3.8, 4) is 0 Å². The number of carbonyl (C=O) groups is 3. The van der Waals surface area contributed by atoms with Crippen LogP contribution in [0.1, 0.15) is 34.1 Å². The zero-order valence-corrected chi connectivity index (χ0v) is 11.3. The maximum absolute atomic E-state index is 12.3. The fourth-order valence-corrected chi connectivity index (χ4v) is 1.81. The summed E-state index contributed by atoms with van der Waals surface area (Å²) in [5.74, 6) is -1.28. The summed E-state index contributed by atoms with van der Waals surface area (Å²) < 4.78 is 0. The van der Waals surface area contributed by atoms with Gasteiger partial charge in [0.1, 0.15) is 12.1 Å². The Morgan fingerprint density at radius 2 is 2.06 bits per heavy atom. The number of nitrogens with one attached hydrogen (secondary N) is 1. The molecule has 1 aliphatic heterocycles. The van der Waals surface area contributed by atoms with Crippen molar-refractivity contribution in [3.05, 3.63) is 0 Å². The molecule has 0 bridgehead atoms. The third-order valence-corrected chi connectivity index (χ3v) is 3.59. The molecule has 1 heterocycles. The Labute approximate surface area is 107 Å². The molecule has 6 nitrogen and oxygen atoms in total. The van der Waals surface area contributed by atoms with Crippen LogP contribution in [0.4, 0.5) is 0 Å². The van der Waals surface area contributed by atoms with Crippen molar-refractivity contribution >= 4 is 17.7 Å². The first-order chi connectivity index (χ1) is 8.21. The van der Waals surface area contributed by atoms with Crippen LogP contribution in [0, 0.1) is 5.92 Å². The molecule has 1 aliphatic rings. The summed E-state index contributed by atoms with van der Waals surface area (Å²) in [6.45, 7) is 6.91. The Morgan fingerprint density at radius 1 is 1.50 bits per heavy atom. The minimum Gasteiger partial charge on any atom is -0.320 e. The first kappa shape index (κ1) is 14.6. The first-order valence-electron chi connectivity index (χ1n) is 6.13. The van der Waals surface area contributed by atoms with E-state index in [-0.39, 0.29) is 18.4 Å². The number of imide groups is 1. The number of hydrogen-bond acceptors (Lipinski definition) is 4. The molecule has 6 heteroatoms. The van der Waals surface area contributed by atoms with Crippen LogP contribution in [-0.4, -0.2) is 40.7 Å². The van der Waals surface area contributed by atoms with Gasteiger partial charge in [-0.3, -0.25) is 19.7 Å². The lowest BCUT2D eigenvalue weighted by molar-refractivity contribution is -0.156. The molecule has 3 amide bonds. The highest BCUT2D eigenvalue weighted by atomic mass is 16.2. The molecule has 0 radical (unpaired) electrons. The maximum atomic E-state index is 12.3. The van der Waals surface area contributed by atoms with Gasteiger partial charge in [-0.15, -0.1) is 0 Å². The highest BCUT2D eigenvalue weighted by molar-refractivity contribution is 6.06. The van der Waals surface area contributed by atoms with Gasteiger partial charge in [0.2, 0.25) is 11.8 Å². The van der Waals surface area contributed by atoms with Crippen molar-refractivity contribution in [2.24, 2.45) is 11.7 Å². The quantitative estimate of drug-likeness (QED) is 0.673. The van der Waals surface area contributed by atoms with Gasteiger partial charge in [0.05, 0.1) is 6.04 Å². The van der Waals surface area contributed by atoms with Crippen LogP contribution in [-0.2, 0) is 14.4 Å². The molecule has 1 rings (SSSR count). The third kappa shape index (κ3) is 2.53. The molecule has 1 saturated heterocycles. The molecule has 2 atom stereocenters. The van der Waals surface area contributed by atoms with Crippen molar-refractivity contribution in [2.75, 3.05) is 6.54 Å². The third-order valence-electron chi connectivity index (χ3n) is 3.59. The number of piperazine rings is 1. The smallest absolute Gasteiger partial charge is 0.252 e. The average Bonchev–Trinajstić information content (AvgIpc) is 2.31. The standard InChI is InChI=1S/C12H21N3O3/c1-5-7(2)9(13)10(17)15-6-8(16)14-11(18)12(15,3)4/h7,9H,5-6,13H2,1-4H3,(H,14,16,18). The molecule has 0 aromatic carbocycles. The number of amides is 3. The van der Waals surface area contributed by atoms with Crippen LogP contribution in [0.15, 0.2) is 0 Å². The van der Waals surface area contributed by atoms with Crippen LogP contribution >= 0.6 is 0 Å². The Morgan fingerprint density at radius 3 is 2.56 bits per heavy atom. The van der Waals surface area contributed by atoms with Crippen molar-refractivity contribution in [2.45, 2.75) is 45.7 Å². The summed E-state index contributed by atoms with van der Waals surface area (Å²) in [5.41, 5.74) is 4.83. The van der Waals surface area contributed by atoms with Gasteiger partial charge in [0, 0.05) is 0 Å². The van der Waals surface area contributed by atoms with E-state index >= 15 is 0 Å². The van der Waals surface area contributed by atoms with Crippen molar-refractivity contribution in [3.63, 3.8) is 0 Å². The van der Waals surface area contributed by atoms with Gasteiger partial charge < -0.3 is 10.6 Å². The molecule has 1 fully saturated rings. The lowest BCUT2D eigenvalue weighted by atomic mass is 9.93. The van der Waals surface area contributed by atoms with Gasteiger partial charge in [-0.2, -0.15) is 0 Å². The summed E-state index contributed by atoms with van der Waals surface area (Å²) in [7, 11) is 0. The zero-order chi connectivity index (χ0) is 14.1. The van der Waals surface area contributed by atoms with Crippen molar-refractivity contribution in [1.82, 2.24) is 10.2 Å². The lowest BCUT2D eigenvalue weighted by Gasteiger charge is -2.41. The average molecular weight is 255 g/mol. The lowest BCUT2D eigenvalue weighted by Crippen LogP contribution is -2.68. The molecule has 2 unspecified atom stereocenters. The van der Waals surface area contributed by atoms with Gasteiger partial charge in [-0.05, 0) is 19.8 Å². The van der Waals surface area contributed by atoms with Crippen LogP contribution < -0.4 is 11.1 Å². The van der Waals surface area contributed by atoms with Gasteiger partial charge in [0.25, 0.3) is 5.91 Å². The monoisotopic (exact) mass is 255 g/mol. The largest absolute Gasteiger partial charge is 0.320 e. The maximum Gasteiger partial charge on any atom is 0.252 e. The molecule has 102 valence electrons. The minimum absolute atomic E-state index is 0.00777. The molecular weight excluding hydrogens is 234 g/mol. The Bertz CT molecular complexity index is 379. The highest BCUT2D eigenvalue weighted by Gasteiger charge is 2.45. The number of hydrogen-bond donors (Lipinski definition) is 2. The van der Waals surface area contributed by atoms with E-state index in [9.17, 15) is 14.4 Å². The zero-order valence-electron chi connectivity index (χ0n) is 11.3. The predicted molar refractivity (Wildman–Crippen MR) is 66.4 cm³/mol. The Hall–Kier alpha value is -1.43. The van der Waals surface area contributed by atoms with Crippen LogP contribution in [0.2, 0.25) is 0 Å². The molecule has 0 aromatic heterocycles. The highest BCUT2D eigenvalue weighted by Crippen LogP contribution is 2.21. The second kappa shape index (κ2) is 5.06. The second-order valence-corrected chi connectivity index (χ2v) is 5.27. The number of nitrogens with two attached hydrogens (primary N) is 1. The van der Waals surface area contributed by atoms with Crippen LogP contribution in [0.5, 0.6) is 0 Å². The predicted octanol–water partition coefficient (Wildman–Crippen LogP) is -0.377. The first-order valence-corrected chi connectivity index (χ1v) is 6.13. The molecular formula is C12H21N3O3. The van der Waals surface area contributed by atoms with Gasteiger partial charge in [-0.1, -0.05) is 20.3 Å². The van der Waals surface area contributed by atoms with E-state index in [0.29, 0.717) is 0 Å². The van der Waals surface area contributed by atoms with E-state index in [1.54, 1.807) is 13.8 Å². The second-order valence-electron chi connectivity index (χ2n) is 5.27. The van der Waals surface area contributed by atoms with E-state index < -0.39 is 23.4 Å². The molecule has 3 N–H and O–H groups in total. The van der Waals surface area contributed by atoms with E-state index in [2.05, 4.69) is 5.32 Å². The summed E-state index contributed by atoms with van der Waals surface area (Å²) in [6.07, 6.45) is 0.765. The molecule has 0 aromatic rings. The minimum atomic E-state index is -1.05. The summed E-state index contributed by atoms with van der Waals surface area (Å²) in [5, 5.41) is 2.22. The van der Waals surface area contributed by atoms with Gasteiger partial charge in [0.15, 0.2) is 0 Å². The van der Waals surface area contributed by atoms with E-state index in [1.165, 1.54) is 4.90 Å². The van der Waals surface area contributed by atoms with Gasteiger partial charge >= 0.3 is 0 Å². The SMILES string of the molecule is CCC(C)C(N)C(=O)N1CC(=O)NC(=O)C1(C)C. The summed E-state index contributed by atoms with van der Waals surface area (Å²) in [4.78, 5) is 36.7. The van der Waals surface area contributed by atoms with Crippen LogP contribution in [0.3, 0.4) is 0 Å². The number of carbonyl (C=O) groups excluding carboxylic acids is 3. The molecule has 0 aliphatic carbocycles. The van der Waals surface area contributed by atoms with Crippen molar-refractivity contribution < 1.29 is 14.4 Å². The topological polar surface area (TPSA) is 92.5 Å². The fraction of sp³-hybridized carbons (Fsp3) is 0.750. The van der Waals surface area contributed by atoms with Gasteiger partial charge in [-0.25, -0.2) is 0 Å². The molecule has 0 saturated carbocycles. The molecule has 18 heavy (non-hydrogen) atoms. The summed E-state index contributed by atoms with van der Waals surface area (Å²) in [6, 6.07) is -0.687. The Kier molecular flexibility index (Phi) is 4.11. The fourth-order valence-electron chi connectivity index (χ4n) is 1.81. The number of rotatable bonds is 3. The van der Waals surface area contributed by atoms with Crippen molar-refractivity contribution in [1.29, 1.82) is 0 Å². The van der Waals surface area contributed by atoms with E-state index in [4.69, 9.17) is 5.73 Å². The molecule has 0 spiro atoms. The van der Waals surface area contributed by atoms with Crippen LogP contribution in [0.25, 0.3) is 0 Å². The summed E-state index contributed by atoms with van der Waals surface area (Å²) >= 11 is 0.